The van der Waals surface area contributed by atoms with Crippen molar-refractivity contribution in [3.05, 3.63) is 105 Å². The van der Waals surface area contributed by atoms with E-state index in [2.05, 4.69) is 81.6 Å². The van der Waals surface area contributed by atoms with Gasteiger partial charge in [0.1, 0.15) is 11.6 Å². The van der Waals surface area contributed by atoms with Crippen LogP contribution in [0.4, 0.5) is 4.39 Å². The third-order valence-electron chi connectivity index (χ3n) is 10.6. The van der Waals surface area contributed by atoms with Crippen molar-refractivity contribution in [3.63, 3.8) is 0 Å². The number of aryl methyl sites for hydroxylation is 2. The van der Waals surface area contributed by atoms with Crippen LogP contribution in [0.25, 0.3) is 5.57 Å². The molecule has 2 amide bonds. The molecule has 8 nitrogen and oxygen atoms in total. The fourth-order valence-corrected chi connectivity index (χ4v) is 7.53. The molecular formula is C42H49BrFN3O5. The minimum Gasteiger partial charge on any atom is -0.492 e. The van der Waals surface area contributed by atoms with Gasteiger partial charge in [-0.2, -0.15) is 0 Å². The summed E-state index contributed by atoms with van der Waals surface area (Å²) in [5.74, 6) is -0.808. The van der Waals surface area contributed by atoms with Crippen LogP contribution in [-0.2, 0) is 27.2 Å². The van der Waals surface area contributed by atoms with E-state index in [1.807, 2.05) is 4.90 Å². The van der Waals surface area contributed by atoms with Crippen molar-refractivity contribution >= 4 is 39.3 Å². The summed E-state index contributed by atoms with van der Waals surface area (Å²) >= 11 is 3.41. The van der Waals surface area contributed by atoms with E-state index >= 15 is 0 Å². The molecule has 6 rings (SSSR count). The molecule has 2 fully saturated rings. The van der Waals surface area contributed by atoms with Gasteiger partial charge >= 0.3 is 5.97 Å². The summed E-state index contributed by atoms with van der Waals surface area (Å²) in [6.07, 6.45) is 5.29. The maximum atomic E-state index is 14.8. The molecule has 2 atom stereocenters. The number of nitrogens with one attached hydrogen (secondary N) is 1. The number of amides is 2. The minimum absolute atomic E-state index is 0.0253. The third kappa shape index (κ3) is 9.31. The second-order valence-electron chi connectivity index (χ2n) is 15.2. The predicted molar refractivity (Wildman–Crippen MR) is 203 cm³/mol. The van der Waals surface area contributed by atoms with E-state index in [9.17, 15) is 23.9 Å². The summed E-state index contributed by atoms with van der Waals surface area (Å²) in [5.41, 5.74) is 5.34. The van der Waals surface area contributed by atoms with E-state index in [1.165, 1.54) is 23.3 Å². The molecule has 2 N–H and O–H groups in total. The molecule has 2 heterocycles. The number of benzene rings is 3. The Labute approximate surface area is 314 Å². The summed E-state index contributed by atoms with van der Waals surface area (Å²) in [6.45, 7) is 7.31. The maximum absolute atomic E-state index is 14.8. The first-order valence-electron chi connectivity index (χ1n) is 18.4. The second-order valence-corrected chi connectivity index (χ2v) is 16.0. The summed E-state index contributed by atoms with van der Waals surface area (Å²) in [5, 5.41) is 13.3. The van der Waals surface area contributed by atoms with Crippen LogP contribution in [-0.4, -0.2) is 77.1 Å². The first-order chi connectivity index (χ1) is 24.9. The Hall–Kier alpha value is -4.02. The normalized spacial score (nSPS) is 18.7. The van der Waals surface area contributed by atoms with Crippen LogP contribution in [0, 0.1) is 18.2 Å². The predicted octanol–water partition coefficient (Wildman–Crippen LogP) is 7.36. The molecule has 1 saturated heterocycles. The van der Waals surface area contributed by atoms with Crippen molar-refractivity contribution in [2.75, 3.05) is 26.2 Å². The van der Waals surface area contributed by atoms with Crippen LogP contribution in [0.15, 0.2) is 76.8 Å². The molecule has 3 aliphatic rings. The first kappa shape index (κ1) is 37.7. The summed E-state index contributed by atoms with van der Waals surface area (Å²) in [7, 11) is 0. The lowest BCUT2D eigenvalue weighted by Gasteiger charge is -2.45. The average molecular weight is 775 g/mol. The lowest BCUT2D eigenvalue weighted by Crippen LogP contribution is -2.62. The van der Waals surface area contributed by atoms with Crippen LogP contribution >= 0.6 is 15.9 Å². The quantitative estimate of drug-likeness (QED) is 0.157. The first-order valence-corrected chi connectivity index (χ1v) is 19.2. The number of piperazine rings is 1. The van der Waals surface area contributed by atoms with Crippen LogP contribution in [0.3, 0.4) is 0 Å². The van der Waals surface area contributed by atoms with Gasteiger partial charge in [-0.15, -0.1) is 0 Å². The van der Waals surface area contributed by atoms with Gasteiger partial charge in [0.05, 0.1) is 22.5 Å². The number of carboxylic acids is 1. The van der Waals surface area contributed by atoms with E-state index in [1.54, 1.807) is 19.9 Å². The van der Waals surface area contributed by atoms with E-state index in [0.29, 0.717) is 42.9 Å². The molecule has 10 heteroatoms. The molecule has 0 radical (unpaired) electrons. The topological polar surface area (TPSA) is 99.2 Å². The molecule has 1 saturated carbocycles. The number of rotatable bonds is 15. The number of aliphatic carboxylic acids is 1. The van der Waals surface area contributed by atoms with Gasteiger partial charge in [0.25, 0.3) is 5.91 Å². The zero-order valence-electron chi connectivity index (χ0n) is 30.3. The number of halogens is 2. The lowest BCUT2D eigenvalue weighted by molar-refractivity contribution is -0.148. The van der Waals surface area contributed by atoms with Crippen molar-refractivity contribution in [1.29, 1.82) is 0 Å². The molecule has 2 aliphatic heterocycles. The van der Waals surface area contributed by atoms with Gasteiger partial charge in [0.2, 0.25) is 5.91 Å². The van der Waals surface area contributed by atoms with Gasteiger partial charge in [0.15, 0.2) is 0 Å². The molecule has 1 aliphatic carbocycles. The molecule has 3 aromatic rings. The number of ether oxygens (including phenoxy) is 1. The van der Waals surface area contributed by atoms with E-state index in [4.69, 9.17) is 4.74 Å². The van der Waals surface area contributed by atoms with Crippen LogP contribution < -0.4 is 10.1 Å². The van der Waals surface area contributed by atoms with Gasteiger partial charge in [0, 0.05) is 49.8 Å². The number of carboxylic acid groups (broad SMARTS) is 1. The van der Waals surface area contributed by atoms with Crippen molar-refractivity contribution in [2.24, 2.45) is 5.41 Å². The molecule has 2 unspecified atom stereocenters. The molecule has 2 bridgehead atoms. The monoisotopic (exact) mass is 773 g/mol. The van der Waals surface area contributed by atoms with Crippen LogP contribution in [0.5, 0.6) is 5.75 Å². The van der Waals surface area contributed by atoms with E-state index < -0.39 is 11.4 Å². The van der Waals surface area contributed by atoms with Crippen LogP contribution in [0.1, 0.15) is 74.6 Å². The molecule has 0 aromatic heterocycles. The van der Waals surface area contributed by atoms with E-state index in [-0.39, 0.29) is 48.6 Å². The van der Waals surface area contributed by atoms with Crippen molar-refractivity contribution in [1.82, 2.24) is 15.1 Å². The SMILES string of the molecule is Cc1ccc(CCN(C(=O)C2=C(c3ccc(CCCOc4cc(F)ccc4Br)cc3)CC3CN(C(=O)CCC(C)(C)C(=O)O)CC2N3)C2CC2)cc1. The van der Waals surface area contributed by atoms with Gasteiger partial charge < -0.3 is 25.0 Å². The molecule has 0 spiro atoms. The number of fused-ring (bicyclic) bond motifs is 2. The number of hydrogen-bond donors (Lipinski definition) is 2. The Morgan fingerprint density at radius 1 is 1.00 bits per heavy atom. The largest absolute Gasteiger partial charge is 0.492 e. The standard InChI is InChI=1S/C42H49BrFN3O5/c1-27-6-8-29(9-7-27)19-21-47(33-15-16-33)40(49)39-34(24-32-25-46(26-36(39)45-32)38(48)18-20-42(2,3)41(50)51)30-12-10-28(11-13-30)5-4-22-52-37-23-31(44)14-17-35(37)43/h6-14,17,23,32-33,36,45H,4-5,15-16,18-22,24-26H2,1-3H3,(H,50,51). The summed E-state index contributed by atoms with van der Waals surface area (Å²) in [4.78, 5) is 43.8. The third-order valence-corrected chi connectivity index (χ3v) is 11.3. The Bertz CT molecular complexity index is 1800. The van der Waals surface area contributed by atoms with Gasteiger partial charge in [-0.25, -0.2) is 4.39 Å². The highest BCUT2D eigenvalue weighted by molar-refractivity contribution is 9.10. The summed E-state index contributed by atoms with van der Waals surface area (Å²) < 4.78 is 20.2. The van der Waals surface area contributed by atoms with Gasteiger partial charge in [-0.05, 0) is 116 Å². The number of hydrogen-bond acceptors (Lipinski definition) is 5. The second kappa shape index (κ2) is 16.3. The molecular weight excluding hydrogens is 725 g/mol. The van der Waals surface area contributed by atoms with Crippen molar-refractivity contribution in [2.45, 2.75) is 90.3 Å². The highest BCUT2D eigenvalue weighted by Gasteiger charge is 2.43. The highest BCUT2D eigenvalue weighted by Crippen LogP contribution is 2.37. The lowest BCUT2D eigenvalue weighted by atomic mass is 9.82. The average Bonchev–Trinajstić information content (AvgIpc) is 3.96. The fraction of sp³-hybridized carbons (Fsp3) is 0.452. The summed E-state index contributed by atoms with van der Waals surface area (Å²) in [6, 6.07) is 21.2. The number of carbonyl (C=O) groups excluding carboxylic acids is 2. The molecule has 3 aromatic carbocycles. The Morgan fingerprint density at radius 3 is 2.38 bits per heavy atom. The van der Waals surface area contributed by atoms with Crippen molar-refractivity contribution < 1.29 is 28.6 Å². The molecule has 276 valence electrons. The van der Waals surface area contributed by atoms with Crippen LogP contribution in [0.2, 0.25) is 0 Å². The Kier molecular flexibility index (Phi) is 11.9. The minimum atomic E-state index is -0.992. The zero-order valence-corrected chi connectivity index (χ0v) is 31.9. The Morgan fingerprint density at radius 2 is 1.69 bits per heavy atom. The fourth-order valence-electron chi connectivity index (χ4n) is 7.17. The number of nitrogens with zero attached hydrogens (tertiary/aromatic N) is 2. The highest BCUT2D eigenvalue weighted by atomic mass is 79.9. The zero-order chi connectivity index (χ0) is 37.0. The molecule has 52 heavy (non-hydrogen) atoms. The number of carbonyl (C=O) groups is 3. The maximum Gasteiger partial charge on any atom is 0.309 e. The van der Waals surface area contributed by atoms with Gasteiger partial charge in [-0.1, -0.05) is 54.1 Å². The smallest absolute Gasteiger partial charge is 0.309 e. The van der Waals surface area contributed by atoms with E-state index in [0.717, 1.165) is 54.4 Å². The Balaban J connectivity index is 1.21. The van der Waals surface area contributed by atoms with Crippen molar-refractivity contribution in [3.8, 4) is 5.75 Å². The van der Waals surface area contributed by atoms with Gasteiger partial charge in [-0.3, -0.25) is 14.4 Å².